The normalized spacial score (nSPS) is 14.2. The zero-order valence-electron chi connectivity index (χ0n) is 23.9. The van der Waals surface area contributed by atoms with Crippen molar-refractivity contribution in [1.82, 2.24) is 5.32 Å². The van der Waals surface area contributed by atoms with Crippen molar-refractivity contribution in [2.45, 2.75) is 173 Å². The van der Waals surface area contributed by atoms with Crippen molar-refractivity contribution in [3.63, 3.8) is 0 Å². The molecule has 4 N–H and O–H groups in total. The monoisotopic (exact) mass is 511 g/mol. The first-order chi connectivity index (χ1) is 17.6. The number of unbranched alkanes of at least 4 members (excludes halogenated alkanes) is 19. The largest absolute Gasteiger partial charge is 0.394 e. The molecule has 0 bridgehead atoms. The smallest absolute Gasteiger partial charge is 0.249 e. The van der Waals surface area contributed by atoms with E-state index in [-0.39, 0.29) is 6.61 Å². The van der Waals surface area contributed by atoms with E-state index in [0.29, 0.717) is 6.42 Å². The summed E-state index contributed by atoms with van der Waals surface area (Å²) in [5, 5.41) is 32.7. The first kappa shape index (κ1) is 35.1. The van der Waals surface area contributed by atoms with Crippen molar-refractivity contribution in [1.29, 1.82) is 0 Å². The predicted octanol–water partition coefficient (Wildman–Crippen LogP) is 7.36. The van der Waals surface area contributed by atoms with E-state index in [1.165, 1.54) is 103 Å². The van der Waals surface area contributed by atoms with Gasteiger partial charge in [0.15, 0.2) is 0 Å². The molecule has 214 valence electrons. The van der Waals surface area contributed by atoms with Crippen molar-refractivity contribution >= 4 is 5.91 Å². The maximum Gasteiger partial charge on any atom is 0.249 e. The van der Waals surface area contributed by atoms with Crippen LogP contribution < -0.4 is 5.32 Å². The molecule has 3 unspecified atom stereocenters. The maximum atomic E-state index is 12.3. The van der Waals surface area contributed by atoms with Crippen molar-refractivity contribution < 1.29 is 20.1 Å². The van der Waals surface area contributed by atoms with Crippen LogP contribution in [0.5, 0.6) is 0 Å². The summed E-state index contributed by atoms with van der Waals surface area (Å²) in [4.78, 5) is 12.3. The zero-order chi connectivity index (χ0) is 26.7. The molecule has 0 aromatic heterocycles. The van der Waals surface area contributed by atoms with Gasteiger partial charge in [-0.05, 0) is 19.3 Å². The minimum Gasteiger partial charge on any atom is -0.394 e. The highest BCUT2D eigenvalue weighted by Gasteiger charge is 2.22. The lowest BCUT2D eigenvalue weighted by Crippen LogP contribution is -2.48. The second-order valence-corrected chi connectivity index (χ2v) is 10.7. The van der Waals surface area contributed by atoms with Gasteiger partial charge in [-0.2, -0.15) is 0 Å². The highest BCUT2D eigenvalue weighted by Crippen LogP contribution is 2.13. The van der Waals surface area contributed by atoms with E-state index in [1.807, 2.05) is 6.08 Å². The van der Waals surface area contributed by atoms with Crippen molar-refractivity contribution in [2.24, 2.45) is 0 Å². The Hall–Kier alpha value is -0.910. The average Bonchev–Trinajstić information content (AvgIpc) is 2.88. The van der Waals surface area contributed by atoms with Crippen LogP contribution in [0, 0.1) is 0 Å². The van der Waals surface area contributed by atoms with Crippen LogP contribution in [0.4, 0.5) is 0 Å². The Morgan fingerprint density at radius 2 is 1.08 bits per heavy atom. The van der Waals surface area contributed by atoms with Crippen LogP contribution in [-0.2, 0) is 4.79 Å². The Labute approximate surface area is 223 Å². The summed E-state index contributed by atoms with van der Waals surface area (Å²) >= 11 is 0. The summed E-state index contributed by atoms with van der Waals surface area (Å²) in [7, 11) is 0. The van der Waals surface area contributed by atoms with Crippen molar-refractivity contribution in [2.75, 3.05) is 6.61 Å². The maximum absolute atomic E-state index is 12.3. The van der Waals surface area contributed by atoms with Gasteiger partial charge >= 0.3 is 0 Å². The summed E-state index contributed by atoms with van der Waals surface area (Å²) in [5.41, 5.74) is 0. The molecule has 0 saturated carbocycles. The van der Waals surface area contributed by atoms with Gasteiger partial charge in [0, 0.05) is 0 Å². The van der Waals surface area contributed by atoms with E-state index in [0.717, 1.165) is 32.1 Å². The van der Waals surface area contributed by atoms with E-state index in [1.54, 1.807) is 6.08 Å². The van der Waals surface area contributed by atoms with E-state index in [4.69, 9.17) is 0 Å². The van der Waals surface area contributed by atoms with Crippen LogP contribution in [-0.4, -0.2) is 46.1 Å². The fraction of sp³-hybridized carbons (Fsp3) is 0.903. The SMILES string of the molecule is CCCCCCCCCCCCC/C=C/C(O)C(CO)NC(=O)C(O)CCCCCCCCCCC. The van der Waals surface area contributed by atoms with Gasteiger partial charge in [0.2, 0.25) is 5.91 Å². The van der Waals surface area contributed by atoms with Gasteiger partial charge in [-0.25, -0.2) is 0 Å². The molecule has 0 heterocycles. The molecule has 1 amide bonds. The standard InChI is InChI=1S/C31H61NO4/c1-3-5-7-9-11-13-14-15-16-18-19-21-23-25-29(34)28(27-33)32-31(36)30(35)26-24-22-20-17-12-10-8-6-4-2/h23,25,28-30,33-35H,3-22,24,26-27H2,1-2H3,(H,32,36)/b25-23+. The molecule has 0 aliphatic rings. The van der Waals surface area contributed by atoms with Crippen LogP contribution in [0.15, 0.2) is 12.2 Å². The summed E-state index contributed by atoms with van der Waals surface area (Å²) in [5.74, 6) is -0.508. The molecule has 0 aromatic rings. The Morgan fingerprint density at radius 3 is 1.53 bits per heavy atom. The number of carbonyl (C=O) groups excluding carboxylic acids is 1. The molecular formula is C31H61NO4. The minimum atomic E-state index is -1.09. The number of rotatable bonds is 27. The van der Waals surface area contributed by atoms with Gasteiger partial charge in [-0.1, -0.05) is 148 Å². The molecular weight excluding hydrogens is 450 g/mol. The molecule has 0 aliphatic carbocycles. The third-order valence-electron chi connectivity index (χ3n) is 7.13. The highest BCUT2D eigenvalue weighted by atomic mass is 16.3. The van der Waals surface area contributed by atoms with Crippen LogP contribution in [0.1, 0.15) is 155 Å². The molecule has 0 radical (unpaired) electrons. The predicted molar refractivity (Wildman–Crippen MR) is 153 cm³/mol. The quantitative estimate of drug-likeness (QED) is 0.0685. The van der Waals surface area contributed by atoms with Crippen LogP contribution in [0.25, 0.3) is 0 Å². The van der Waals surface area contributed by atoms with Crippen molar-refractivity contribution in [3.8, 4) is 0 Å². The van der Waals surface area contributed by atoms with Crippen LogP contribution >= 0.6 is 0 Å². The number of aliphatic hydroxyl groups excluding tert-OH is 3. The Kier molecular flexibility index (Phi) is 26.4. The van der Waals surface area contributed by atoms with E-state index >= 15 is 0 Å². The Morgan fingerprint density at radius 1 is 0.667 bits per heavy atom. The number of nitrogens with one attached hydrogen (secondary N) is 1. The molecule has 0 aliphatic heterocycles. The highest BCUT2D eigenvalue weighted by molar-refractivity contribution is 5.80. The van der Waals surface area contributed by atoms with Crippen LogP contribution in [0.3, 0.4) is 0 Å². The third-order valence-corrected chi connectivity index (χ3v) is 7.13. The molecule has 0 rings (SSSR count). The number of hydrogen-bond donors (Lipinski definition) is 4. The Balaban J connectivity index is 3.82. The zero-order valence-corrected chi connectivity index (χ0v) is 23.9. The lowest BCUT2D eigenvalue weighted by molar-refractivity contribution is -0.131. The number of carbonyl (C=O) groups is 1. The third kappa shape index (κ3) is 22.3. The molecule has 0 fully saturated rings. The fourth-order valence-electron chi connectivity index (χ4n) is 4.59. The molecule has 0 spiro atoms. The summed E-state index contributed by atoms with van der Waals surface area (Å²) < 4.78 is 0. The lowest BCUT2D eigenvalue weighted by Gasteiger charge is -2.21. The first-order valence-electron chi connectivity index (χ1n) is 15.5. The summed E-state index contributed by atoms with van der Waals surface area (Å²) in [6.07, 6.45) is 27.9. The molecule has 36 heavy (non-hydrogen) atoms. The molecule has 5 heteroatoms. The van der Waals surface area contributed by atoms with Gasteiger partial charge in [0.1, 0.15) is 6.10 Å². The van der Waals surface area contributed by atoms with Crippen LogP contribution in [0.2, 0.25) is 0 Å². The fourth-order valence-corrected chi connectivity index (χ4v) is 4.59. The van der Waals surface area contributed by atoms with Gasteiger partial charge < -0.3 is 20.6 Å². The van der Waals surface area contributed by atoms with E-state index in [9.17, 15) is 20.1 Å². The van der Waals surface area contributed by atoms with Crippen molar-refractivity contribution in [3.05, 3.63) is 12.2 Å². The summed E-state index contributed by atoms with van der Waals surface area (Å²) in [6, 6.07) is -0.788. The topological polar surface area (TPSA) is 89.8 Å². The lowest BCUT2D eigenvalue weighted by atomic mass is 10.0. The second kappa shape index (κ2) is 27.1. The van der Waals surface area contributed by atoms with Gasteiger partial charge in [-0.15, -0.1) is 0 Å². The molecule has 0 saturated heterocycles. The number of aliphatic hydroxyl groups is 3. The first-order valence-corrected chi connectivity index (χ1v) is 15.5. The summed E-state index contributed by atoms with van der Waals surface area (Å²) in [6.45, 7) is 4.12. The second-order valence-electron chi connectivity index (χ2n) is 10.7. The number of allylic oxidation sites excluding steroid dienone is 1. The molecule has 3 atom stereocenters. The molecule has 0 aromatic carbocycles. The number of hydrogen-bond acceptors (Lipinski definition) is 4. The number of amides is 1. The van der Waals surface area contributed by atoms with E-state index in [2.05, 4.69) is 19.2 Å². The van der Waals surface area contributed by atoms with Gasteiger partial charge in [0.25, 0.3) is 0 Å². The average molecular weight is 512 g/mol. The Bertz CT molecular complexity index is 497. The van der Waals surface area contributed by atoms with Gasteiger partial charge in [-0.3, -0.25) is 4.79 Å². The minimum absolute atomic E-state index is 0.361. The molecule has 5 nitrogen and oxygen atoms in total. The van der Waals surface area contributed by atoms with E-state index < -0.39 is 24.2 Å². The van der Waals surface area contributed by atoms with Gasteiger partial charge in [0.05, 0.1) is 18.8 Å².